The lowest BCUT2D eigenvalue weighted by molar-refractivity contribution is 0.0799. The summed E-state index contributed by atoms with van der Waals surface area (Å²) >= 11 is 0. The average Bonchev–Trinajstić information content (AvgIpc) is 2.32. The number of aromatic nitrogens is 1. The molecule has 0 spiro atoms. The molecule has 0 radical (unpaired) electrons. The first kappa shape index (κ1) is 14.4. The molecule has 0 saturated carbocycles. The number of pyridine rings is 1. The van der Waals surface area contributed by atoms with E-state index in [0.717, 1.165) is 6.07 Å². The van der Waals surface area contributed by atoms with E-state index in [-0.39, 0.29) is 5.54 Å². The van der Waals surface area contributed by atoms with Gasteiger partial charge in [-0.1, -0.05) is 0 Å². The quantitative estimate of drug-likeness (QED) is 0.812. The maximum Gasteiger partial charge on any atom is 0.263 e. The molecule has 0 aliphatic carbocycles. The molecule has 1 saturated heterocycles. The number of halogens is 1. The van der Waals surface area contributed by atoms with Crippen molar-refractivity contribution < 1.29 is 12.8 Å². The highest BCUT2D eigenvalue weighted by atomic mass is 32.2. The van der Waals surface area contributed by atoms with Gasteiger partial charge in [-0.25, -0.2) is 17.8 Å². The standard InChI is InChI=1S/C12H18FN3O2S/c1-12(2)9-16(8-7-15(12)3)19(17,18)11-10(13)5-4-6-14-11/h4-6H,7-9H2,1-3H3. The third-order valence-electron chi connectivity index (χ3n) is 3.59. The topological polar surface area (TPSA) is 53.5 Å². The van der Waals surface area contributed by atoms with Crippen LogP contribution in [0.25, 0.3) is 0 Å². The summed E-state index contributed by atoms with van der Waals surface area (Å²) in [4.78, 5) is 5.76. The fraction of sp³-hybridized carbons (Fsp3) is 0.583. The number of likely N-dealkylation sites (N-methyl/N-ethyl adjacent to an activating group) is 1. The first-order valence-electron chi connectivity index (χ1n) is 6.07. The predicted molar refractivity (Wildman–Crippen MR) is 69.7 cm³/mol. The van der Waals surface area contributed by atoms with Crippen LogP contribution in [0.3, 0.4) is 0 Å². The molecule has 0 N–H and O–H groups in total. The molecule has 0 amide bonds. The average molecular weight is 287 g/mol. The zero-order chi connectivity index (χ0) is 14.3. The molecule has 0 aromatic carbocycles. The number of sulfonamides is 1. The van der Waals surface area contributed by atoms with Gasteiger partial charge >= 0.3 is 0 Å². The van der Waals surface area contributed by atoms with Gasteiger partial charge in [-0.15, -0.1) is 0 Å². The Labute approximate surface area is 113 Å². The van der Waals surface area contributed by atoms with E-state index in [4.69, 9.17) is 0 Å². The summed E-state index contributed by atoms with van der Waals surface area (Å²) in [6.45, 7) is 5.20. The van der Waals surface area contributed by atoms with Crippen LogP contribution in [0.1, 0.15) is 13.8 Å². The molecule has 1 aromatic rings. The smallest absolute Gasteiger partial charge is 0.263 e. The highest BCUT2D eigenvalue weighted by molar-refractivity contribution is 7.89. The Morgan fingerprint density at radius 2 is 2.05 bits per heavy atom. The van der Waals surface area contributed by atoms with Crippen molar-refractivity contribution in [2.24, 2.45) is 0 Å². The highest BCUT2D eigenvalue weighted by Crippen LogP contribution is 2.24. The van der Waals surface area contributed by atoms with Crippen molar-refractivity contribution in [3.63, 3.8) is 0 Å². The molecule has 0 unspecified atom stereocenters. The Hall–Kier alpha value is -1.05. The highest BCUT2D eigenvalue weighted by Gasteiger charge is 2.38. The van der Waals surface area contributed by atoms with E-state index in [0.29, 0.717) is 19.6 Å². The van der Waals surface area contributed by atoms with Gasteiger partial charge in [0.1, 0.15) is 0 Å². The monoisotopic (exact) mass is 287 g/mol. The summed E-state index contributed by atoms with van der Waals surface area (Å²) in [5.74, 6) is -0.806. The molecule has 2 rings (SSSR count). The molecule has 19 heavy (non-hydrogen) atoms. The van der Waals surface area contributed by atoms with Gasteiger partial charge in [0, 0.05) is 31.4 Å². The molecule has 1 aromatic heterocycles. The number of hydrogen-bond acceptors (Lipinski definition) is 4. The van der Waals surface area contributed by atoms with Gasteiger partial charge in [-0.2, -0.15) is 4.31 Å². The maximum atomic E-state index is 13.6. The zero-order valence-corrected chi connectivity index (χ0v) is 12.1. The van der Waals surface area contributed by atoms with E-state index in [1.807, 2.05) is 20.9 Å². The number of nitrogens with zero attached hydrogens (tertiary/aromatic N) is 3. The lowest BCUT2D eigenvalue weighted by Gasteiger charge is -2.44. The fourth-order valence-electron chi connectivity index (χ4n) is 2.08. The summed E-state index contributed by atoms with van der Waals surface area (Å²) in [5.41, 5.74) is -0.281. The Balaban J connectivity index is 2.34. The van der Waals surface area contributed by atoms with Crippen LogP contribution in [-0.4, -0.2) is 54.8 Å². The molecule has 0 atom stereocenters. The first-order chi connectivity index (χ1) is 8.75. The third-order valence-corrected chi connectivity index (χ3v) is 5.37. The second kappa shape index (κ2) is 4.81. The van der Waals surface area contributed by atoms with Crippen molar-refractivity contribution in [2.45, 2.75) is 24.4 Å². The lowest BCUT2D eigenvalue weighted by Crippen LogP contribution is -2.58. The second-order valence-corrected chi connectivity index (χ2v) is 7.22. The summed E-state index contributed by atoms with van der Waals surface area (Å²) in [5, 5.41) is -0.490. The van der Waals surface area contributed by atoms with E-state index in [9.17, 15) is 12.8 Å². The number of hydrogen-bond donors (Lipinski definition) is 0. The minimum absolute atomic E-state index is 0.281. The van der Waals surface area contributed by atoms with Gasteiger partial charge in [0.25, 0.3) is 10.0 Å². The van der Waals surface area contributed by atoms with E-state index < -0.39 is 20.9 Å². The van der Waals surface area contributed by atoms with Crippen LogP contribution in [0, 0.1) is 5.82 Å². The van der Waals surface area contributed by atoms with Gasteiger partial charge in [0.2, 0.25) is 5.03 Å². The molecule has 0 bridgehead atoms. The van der Waals surface area contributed by atoms with Gasteiger partial charge in [0.05, 0.1) is 0 Å². The minimum Gasteiger partial charge on any atom is -0.299 e. The molecule has 5 nitrogen and oxygen atoms in total. The van der Waals surface area contributed by atoms with E-state index in [1.165, 1.54) is 16.6 Å². The third kappa shape index (κ3) is 2.63. The lowest BCUT2D eigenvalue weighted by atomic mass is 10.0. The van der Waals surface area contributed by atoms with Crippen molar-refractivity contribution in [1.82, 2.24) is 14.2 Å². The molecule has 1 fully saturated rings. The van der Waals surface area contributed by atoms with E-state index in [2.05, 4.69) is 9.88 Å². The molecule has 1 aliphatic rings. The van der Waals surface area contributed by atoms with Crippen molar-refractivity contribution >= 4 is 10.0 Å². The van der Waals surface area contributed by atoms with Crippen LogP contribution >= 0.6 is 0 Å². The van der Waals surface area contributed by atoms with Crippen LogP contribution in [0.2, 0.25) is 0 Å². The Morgan fingerprint density at radius 1 is 1.37 bits per heavy atom. The summed E-state index contributed by atoms with van der Waals surface area (Å²) in [7, 11) is -1.92. The largest absolute Gasteiger partial charge is 0.299 e. The van der Waals surface area contributed by atoms with E-state index in [1.54, 1.807) is 0 Å². The minimum atomic E-state index is -3.87. The summed E-state index contributed by atoms with van der Waals surface area (Å²) < 4.78 is 39.7. The van der Waals surface area contributed by atoms with Crippen LogP contribution in [0.4, 0.5) is 4.39 Å². The Morgan fingerprint density at radius 3 is 2.63 bits per heavy atom. The molecule has 7 heteroatoms. The molecular weight excluding hydrogens is 269 g/mol. The summed E-state index contributed by atoms with van der Waals surface area (Å²) in [6, 6.07) is 2.49. The van der Waals surface area contributed by atoms with Crippen LogP contribution < -0.4 is 0 Å². The maximum absolute atomic E-state index is 13.6. The van der Waals surface area contributed by atoms with Crippen LogP contribution in [0.15, 0.2) is 23.4 Å². The molecule has 106 valence electrons. The van der Waals surface area contributed by atoms with Gasteiger partial charge in [-0.3, -0.25) is 4.90 Å². The number of piperazine rings is 1. The van der Waals surface area contributed by atoms with Gasteiger partial charge in [-0.05, 0) is 33.0 Å². The first-order valence-corrected chi connectivity index (χ1v) is 7.51. The summed E-state index contributed by atoms with van der Waals surface area (Å²) in [6.07, 6.45) is 1.29. The van der Waals surface area contributed by atoms with Gasteiger partial charge in [0.15, 0.2) is 5.82 Å². The molecular formula is C12H18FN3O2S. The zero-order valence-electron chi connectivity index (χ0n) is 11.3. The van der Waals surface area contributed by atoms with Gasteiger partial charge < -0.3 is 0 Å². The Kier molecular flexibility index (Phi) is 3.63. The molecule has 2 heterocycles. The van der Waals surface area contributed by atoms with Crippen LogP contribution in [0.5, 0.6) is 0 Å². The predicted octanol–water partition coefficient (Wildman–Crippen LogP) is 0.935. The van der Waals surface area contributed by atoms with E-state index >= 15 is 0 Å². The second-order valence-electron chi connectivity index (χ2n) is 5.36. The van der Waals surface area contributed by atoms with Crippen molar-refractivity contribution in [3.05, 3.63) is 24.1 Å². The SMILES string of the molecule is CN1CCN(S(=O)(=O)c2ncccc2F)CC1(C)C. The van der Waals surface area contributed by atoms with Crippen LogP contribution in [-0.2, 0) is 10.0 Å². The normalized spacial score (nSPS) is 21.5. The Bertz CT molecular complexity index is 574. The van der Waals surface area contributed by atoms with Crippen molar-refractivity contribution in [2.75, 3.05) is 26.7 Å². The van der Waals surface area contributed by atoms with Crippen molar-refractivity contribution in [3.8, 4) is 0 Å². The fourth-order valence-corrected chi connectivity index (χ4v) is 3.65. The molecule has 1 aliphatic heterocycles. The number of rotatable bonds is 2. The van der Waals surface area contributed by atoms with Crippen molar-refractivity contribution in [1.29, 1.82) is 0 Å².